The van der Waals surface area contributed by atoms with Crippen molar-refractivity contribution in [1.82, 2.24) is 4.98 Å². The van der Waals surface area contributed by atoms with E-state index in [2.05, 4.69) is 4.98 Å². The van der Waals surface area contributed by atoms with Gasteiger partial charge in [0.25, 0.3) is 0 Å². The first-order chi connectivity index (χ1) is 10.0. The lowest BCUT2D eigenvalue weighted by molar-refractivity contribution is 0.0466. The number of aromatic amines is 1. The Hall–Kier alpha value is -2.63. The number of rotatable bonds is 5. The molecule has 0 saturated carbocycles. The molecular formula is C15H14FNO4. The van der Waals surface area contributed by atoms with Crippen molar-refractivity contribution in [2.24, 2.45) is 0 Å². The summed E-state index contributed by atoms with van der Waals surface area (Å²) in [7, 11) is 1.37. The van der Waals surface area contributed by atoms with Gasteiger partial charge in [-0.25, -0.2) is 9.18 Å². The Morgan fingerprint density at radius 2 is 2.05 bits per heavy atom. The van der Waals surface area contributed by atoms with Gasteiger partial charge in [0.2, 0.25) is 0 Å². The van der Waals surface area contributed by atoms with Gasteiger partial charge in [-0.1, -0.05) is 6.07 Å². The molecule has 2 aromatic rings. The minimum Gasteiger partial charge on any atom is -0.494 e. The second-order valence-electron chi connectivity index (χ2n) is 4.40. The van der Waals surface area contributed by atoms with Crippen molar-refractivity contribution < 1.29 is 23.5 Å². The number of ether oxygens (including phenoxy) is 2. The minimum atomic E-state index is -0.612. The zero-order valence-corrected chi connectivity index (χ0v) is 11.6. The van der Waals surface area contributed by atoms with Crippen molar-refractivity contribution in [2.45, 2.75) is 13.5 Å². The van der Waals surface area contributed by atoms with Crippen molar-refractivity contribution >= 4 is 11.8 Å². The van der Waals surface area contributed by atoms with Gasteiger partial charge in [-0.15, -0.1) is 0 Å². The van der Waals surface area contributed by atoms with Crippen LogP contribution in [0.25, 0.3) is 0 Å². The highest BCUT2D eigenvalue weighted by molar-refractivity contribution is 5.97. The van der Waals surface area contributed by atoms with E-state index in [4.69, 9.17) is 9.47 Å². The Balaban J connectivity index is 2.00. The van der Waals surface area contributed by atoms with Gasteiger partial charge in [0, 0.05) is 11.8 Å². The van der Waals surface area contributed by atoms with Crippen molar-refractivity contribution in [1.29, 1.82) is 0 Å². The summed E-state index contributed by atoms with van der Waals surface area (Å²) in [5.41, 5.74) is 1.08. The molecule has 21 heavy (non-hydrogen) atoms. The van der Waals surface area contributed by atoms with Gasteiger partial charge in [-0.2, -0.15) is 0 Å². The van der Waals surface area contributed by atoms with E-state index in [1.807, 2.05) is 0 Å². The number of carbonyl (C=O) groups excluding carboxylic acids is 2. The molecule has 0 aliphatic rings. The molecule has 1 aromatic heterocycles. The second-order valence-corrected chi connectivity index (χ2v) is 4.40. The van der Waals surface area contributed by atoms with Crippen molar-refractivity contribution in [2.75, 3.05) is 7.11 Å². The average molecular weight is 291 g/mol. The van der Waals surface area contributed by atoms with Crippen molar-refractivity contribution in [3.05, 3.63) is 53.1 Å². The van der Waals surface area contributed by atoms with Crippen LogP contribution in [0.15, 0.2) is 30.5 Å². The molecule has 0 radical (unpaired) electrons. The number of hydrogen-bond acceptors (Lipinski definition) is 4. The molecule has 0 saturated heterocycles. The highest BCUT2D eigenvalue weighted by Crippen LogP contribution is 2.18. The first kappa shape index (κ1) is 14.8. The van der Waals surface area contributed by atoms with Crippen LogP contribution in [0.4, 0.5) is 4.39 Å². The number of aromatic nitrogens is 1. The molecule has 0 aliphatic carbocycles. The average Bonchev–Trinajstić information content (AvgIpc) is 2.95. The molecule has 0 bridgehead atoms. The summed E-state index contributed by atoms with van der Waals surface area (Å²) in [5.74, 6) is -1.16. The van der Waals surface area contributed by atoms with E-state index in [1.54, 1.807) is 6.07 Å². The fraction of sp³-hybridized carbons (Fsp3) is 0.200. The van der Waals surface area contributed by atoms with E-state index >= 15 is 0 Å². The molecule has 110 valence electrons. The lowest BCUT2D eigenvalue weighted by Crippen LogP contribution is -2.06. The maximum Gasteiger partial charge on any atom is 0.355 e. The first-order valence-electron chi connectivity index (χ1n) is 6.20. The monoisotopic (exact) mass is 291 g/mol. The maximum absolute atomic E-state index is 13.5. The number of halogens is 1. The highest BCUT2D eigenvalue weighted by Gasteiger charge is 2.12. The fourth-order valence-electron chi connectivity index (χ4n) is 1.74. The third-order valence-electron chi connectivity index (χ3n) is 2.90. The topological polar surface area (TPSA) is 68.4 Å². The zero-order chi connectivity index (χ0) is 15.4. The summed E-state index contributed by atoms with van der Waals surface area (Å²) < 4.78 is 23.3. The van der Waals surface area contributed by atoms with Gasteiger partial charge >= 0.3 is 5.97 Å². The Labute approximate surface area is 120 Å². The molecule has 0 fully saturated rings. The maximum atomic E-state index is 13.5. The van der Waals surface area contributed by atoms with E-state index in [0.29, 0.717) is 11.1 Å². The van der Waals surface area contributed by atoms with E-state index in [-0.39, 0.29) is 23.8 Å². The summed E-state index contributed by atoms with van der Waals surface area (Å²) >= 11 is 0. The number of ketones is 1. The van der Waals surface area contributed by atoms with Gasteiger partial charge in [-0.3, -0.25) is 4.79 Å². The third kappa shape index (κ3) is 3.47. The predicted molar refractivity (Wildman–Crippen MR) is 72.9 cm³/mol. The van der Waals surface area contributed by atoms with Crippen molar-refractivity contribution in [3.8, 4) is 5.75 Å². The van der Waals surface area contributed by atoms with Gasteiger partial charge < -0.3 is 14.5 Å². The summed E-state index contributed by atoms with van der Waals surface area (Å²) in [4.78, 5) is 25.6. The highest BCUT2D eigenvalue weighted by atomic mass is 19.1. The number of hydrogen-bond donors (Lipinski definition) is 1. The number of methoxy groups -OCH3 is 1. The molecule has 2 rings (SSSR count). The summed E-state index contributed by atoms with van der Waals surface area (Å²) in [5, 5.41) is 0. The molecule has 6 heteroatoms. The molecule has 0 spiro atoms. The summed E-state index contributed by atoms with van der Waals surface area (Å²) in [6.45, 7) is 1.33. The minimum absolute atomic E-state index is 0.0752. The Kier molecular flexibility index (Phi) is 4.37. The Morgan fingerprint density at radius 1 is 1.29 bits per heavy atom. The van der Waals surface area contributed by atoms with Crippen LogP contribution in [0.1, 0.15) is 33.3 Å². The number of carbonyl (C=O) groups is 2. The van der Waals surface area contributed by atoms with Crippen LogP contribution in [0.5, 0.6) is 5.75 Å². The van der Waals surface area contributed by atoms with Crippen LogP contribution < -0.4 is 4.74 Å². The van der Waals surface area contributed by atoms with Crippen LogP contribution in [-0.4, -0.2) is 23.8 Å². The molecule has 1 heterocycles. The molecule has 0 unspecified atom stereocenters. The fourth-order valence-corrected chi connectivity index (χ4v) is 1.74. The smallest absolute Gasteiger partial charge is 0.355 e. The summed E-state index contributed by atoms with van der Waals surface area (Å²) in [6, 6.07) is 5.72. The molecule has 5 nitrogen and oxygen atoms in total. The molecule has 1 aromatic carbocycles. The van der Waals surface area contributed by atoms with Gasteiger partial charge in [-0.05, 0) is 30.7 Å². The second kappa shape index (κ2) is 6.21. The lowest BCUT2D eigenvalue weighted by atomic mass is 10.2. The van der Waals surface area contributed by atoms with Crippen LogP contribution in [0.2, 0.25) is 0 Å². The molecule has 0 amide bonds. The van der Waals surface area contributed by atoms with Gasteiger partial charge in [0.15, 0.2) is 17.3 Å². The van der Waals surface area contributed by atoms with Crippen LogP contribution in [0.3, 0.4) is 0 Å². The normalized spacial score (nSPS) is 10.2. The van der Waals surface area contributed by atoms with Crippen LogP contribution >= 0.6 is 0 Å². The first-order valence-corrected chi connectivity index (χ1v) is 6.20. The number of nitrogens with one attached hydrogen (secondary N) is 1. The Morgan fingerprint density at radius 3 is 2.62 bits per heavy atom. The van der Waals surface area contributed by atoms with E-state index in [9.17, 15) is 14.0 Å². The largest absolute Gasteiger partial charge is 0.494 e. The van der Waals surface area contributed by atoms with Gasteiger partial charge in [0.05, 0.1) is 7.11 Å². The zero-order valence-electron chi connectivity index (χ0n) is 11.6. The quantitative estimate of drug-likeness (QED) is 0.679. The van der Waals surface area contributed by atoms with Crippen LogP contribution in [0, 0.1) is 5.82 Å². The predicted octanol–water partition coefficient (Wildman–Crippen LogP) is 2.72. The molecular weight excluding hydrogens is 277 g/mol. The molecule has 0 aliphatic heterocycles. The number of Topliss-reactive ketones (excluding diaryl/α,β-unsaturated/α-hetero) is 1. The lowest BCUT2D eigenvalue weighted by Gasteiger charge is -2.06. The number of benzene rings is 1. The van der Waals surface area contributed by atoms with E-state index in [1.165, 1.54) is 38.4 Å². The number of esters is 1. The molecule has 0 atom stereocenters. The van der Waals surface area contributed by atoms with E-state index < -0.39 is 11.8 Å². The number of H-pyrrole nitrogens is 1. The molecule has 1 N–H and O–H groups in total. The van der Waals surface area contributed by atoms with Crippen molar-refractivity contribution in [3.63, 3.8) is 0 Å². The summed E-state index contributed by atoms with van der Waals surface area (Å²) in [6.07, 6.45) is 1.44. The SMILES string of the molecule is COc1ccc(COC(=O)c2cc(C(C)=O)c[nH]2)cc1F. The standard InChI is InChI=1S/C15H14FNO4/c1-9(18)11-6-13(17-7-11)15(19)21-8-10-3-4-14(20-2)12(16)5-10/h3-7,17H,8H2,1-2H3. The van der Waals surface area contributed by atoms with Crippen LogP contribution in [-0.2, 0) is 11.3 Å². The third-order valence-corrected chi connectivity index (χ3v) is 2.90. The van der Waals surface area contributed by atoms with E-state index in [0.717, 1.165) is 0 Å². The Bertz CT molecular complexity index is 678. The van der Waals surface area contributed by atoms with Gasteiger partial charge in [0.1, 0.15) is 12.3 Å².